The number of nitrogens with zero attached hydrogens (tertiary/aromatic N) is 2. The molecule has 0 bridgehead atoms. The first-order chi connectivity index (χ1) is 8.74. The van der Waals surface area contributed by atoms with Crippen LogP contribution in [0.4, 0.5) is 0 Å². The van der Waals surface area contributed by atoms with Crippen LogP contribution < -0.4 is 10.6 Å². The van der Waals surface area contributed by atoms with Gasteiger partial charge in [-0.15, -0.1) is 0 Å². The third-order valence-corrected chi connectivity index (χ3v) is 4.16. The third kappa shape index (κ3) is 2.14. The summed E-state index contributed by atoms with van der Waals surface area (Å²) in [5.41, 5.74) is 1.16. The van der Waals surface area contributed by atoms with Gasteiger partial charge in [-0.05, 0) is 24.8 Å². The van der Waals surface area contributed by atoms with E-state index in [1.807, 2.05) is 19.4 Å². The van der Waals surface area contributed by atoms with E-state index in [0.717, 1.165) is 31.5 Å². The van der Waals surface area contributed by atoms with Crippen molar-refractivity contribution < 1.29 is 4.79 Å². The van der Waals surface area contributed by atoms with Crippen LogP contribution in [0.3, 0.4) is 0 Å². The Morgan fingerprint density at radius 2 is 2.33 bits per heavy atom. The van der Waals surface area contributed by atoms with Gasteiger partial charge < -0.3 is 10.6 Å². The Balaban J connectivity index is 1.68. The van der Waals surface area contributed by atoms with E-state index in [1.54, 1.807) is 4.68 Å². The smallest absolute Gasteiger partial charge is 0.225 e. The van der Waals surface area contributed by atoms with Gasteiger partial charge >= 0.3 is 0 Å². The minimum Gasteiger partial charge on any atom is -0.353 e. The average molecular weight is 248 g/mol. The Hall–Kier alpha value is -1.36. The van der Waals surface area contributed by atoms with E-state index >= 15 is 0 Å². The molecule has 0 unspecified atom stereocenters. The van der Waals surface area contributed by atoms with Crippen LogP contribution in [0.25, 0.3) is 0 Å². The second-order valence-corrected chi connectivity index (χ2v) is 5.45. The number of carbonyl (C=O) groups is 1. The molecule has 1 saturated heterocycles. The summed E-state index contributed by atoms with van der Waals surface area (Å²) in [6.45, 7) is 1.65. The zero-order valence-electron chi connectivity index (χ0n) is 10.7. The van der Waals surface area contributed by atoms with Gasteiger partial charge in [0.05, 0.1) is 12.1 Å². The standard InChI is InChI=1S/C13H20N4O/c1-17-8-9(5-15-17)11-6-14-7-12(11)13(18)16-10-3-2-4-10/h5,8,10-12,14H,2-4,6-7H2,1H3,(H,16,18)/t11-,12+/m1/s1. The predicted molar refractivity (Wildman–Crippen MR) is 68.1 cm³/mol. The van der Waals surface area contributed by atoms with Crippen molar-refractivity contribution in [2.45, 2.75) is 31.2 Å². The van der Waals surface area contributed by atoms with Crippen molar-refractivity contribution in [1.82, 2.24) is 20.4 Å². The van der Waals surface area contributed by atoms with Crippen molar-refractivity contribution in [1.29, 1.82) is 0 Å². The molecule has 5 nitrogen and oxygen atoms in total. The first kappa shape index (κ1) is 11.7. The zero-order chi connectivity index (χ0) is 12.5. The molecule has 3 rings (SSSR count). The topological polar surface area (TPSA) is 59.0 Å². The summed E-state index contributed by atoms with van der Waals surface area (Å²) in [4.78, 5) is 12.3. The van der Waals surface area contributed by atoms with Crippen LogP contribution in [0, 0.1) is 5.92 Å². The average Bonchev–Trinajstić information content (AvgIpc) is 2.90. The fraction of sp³-hybridized carbons (Fsp3) is 0.692. The Kier molecular flexibility index (Phi) is 3.07. The van der Waals surface area contributed by atoms with Gasteiger partial charge in [0.2, 0.25) is 5.91 Å². The van der Waals surface area contributed by atoms with E-state index in [2.05, 4.69) is 15.7 Å². The molecule has 2 atom stereocenters. The summed E-state index contributed by atoms with van der Waals surface area (Å²) < 4.78 is 1.80. The Morgan fingerprint density at radius 1 is 1.50 bits per heavy atom. The summed E-state index contributed by atoms with van der Waals surface area (Å²) >= 11 is 0. The molecule has 1 aromatic heterocycles. The number of carbonyl (C=O) groups excluding carboxylic acids is 1. The monoisotopic (exact) mass is 248 g/mol. The Morgan fingerprint density at radius 3 is 2.94 bits per heavy atom. The molecule has 18 heavy (non-hydrogen) atoms. The van der Waals surface area contributed by atoms with Crippen molar-refractivity contribution in [3.8, 4) is 0 Å². The molecule has 5 heteroatoms. The molecule has 1 saturated carbocycles. The van der Waals surface area contributed by atoms with Crippen molar-refractivity contribution in [3.05, 3.63) is 18.0 Å². The van der Waals surface area contributed by atoms with Crippen LogP contribution in [-0.2, 0) is 11.8 Å². The van der Waals surface area contributed by atoms with Crippen molar-refractivity contribution >= 4 is 5.91 Å². The molecule has 1 aliphatic heterocycles. The van der Waals surface area contributed by atoms with Gasteiger partial charge in [0.1, 0.15) is 0 Å². The van der Waals surface area contributed by atoms with Gasteiger partial charge in [-0.1, -0.05) is 0 Å². The van der Waals surface area contributed by atoms with Gasteiger partial charge in [0, 0.05) is 38.3 Å². The highest BCUT2D eigenvalue weighted by Gasteiger charge is 2.35. The first-order valence-corrected chi connectivity index (χ1v) is 6.73. The molecule has 1 amide bonds. The molecule has 98 valence electrons. The SMILES string of the molecule is Cn1cc([C@H]2CNC[C@@H]2C(=O)NC2CCC2)cn1. The molecule has 2 fully saturated rings. The molecule has 2 N–H and O–H groups in total. The van der Waals surface area contributed by atoms with Crippen molar-refractivity contribution in [2.75, 3.05) is 13.1 Å². The lowest BCUT2D eigenvalue weighted by atomic mass is 9.88. The maximum absolute atomic E-state index is 12.3. The second-order valence-electron chi connectivity index (χ2n) is 5.45. The maximum Gasteiger partial charge on any atom is 0.225 e. The lowest BCUT2D eigenvalue weighted by molar-refractivity contribution is -0.126. The summed E-state index contributed by atoms with van der Waals surface area (Å²) in [7, 11) is 1.91. The highest BCUT2D eigenvalue weighted by Crippen LogP contribution is 2.29. The van der Waals surface area contributed by atoms with Gasteiger partial charge in [-0.3, -0.25) is 9.48 Å². The highest BCUT2D eigenvalue weighted by molar-refractivity contribution is 5.80. The molecule has 0 radical (unpaired) electrons. The van der Waals surface area contributed by atoms with Crippen molar-refractivity contribution in [3.63, 3.8) is 0 Å². The Labute approximate surface area is 107 Å². The lowest BCUT2D eigenvalue weighted by Crippen LogP contribution is -2.44. The quantitative estimate of drug-likeness (QED) is 0.813. The second kappa shape index (κ2) is 4.72. The third-order valence-electron chi connectivity index (χ3n) is 4.16. The minimum atomic E-state index is 0.0507. The predicted octanol–water partition coefficient (Wildman–Crippen LogP) is 0.392. The number of hydrogen-bond donors (Lipinski definition) is 2. The molecule has 0 spiro atoms. The molecule has 1 aliphatic carbocycles. The number of aryl methyl sites for hydroxylation is 1. The summed E-state index contributed by atoms with van der Waals surface area (Å²) in [6.07, 6.45) is 7.43. The van der Waals surface area contributed by atoms with Crippen LogP contribution in [0.15, 0.2) is 12.4 Å². The van der Waals surface area contributed by atoms with Crippen LogP contribution >= 0.6 is 0 Å². The van der Waals surface area contributed by atoms with E-state index < -0.39 is 0 Å². The number of nitrogens with one attached hydrogen (secondary N) is 2. The summed E-state index contributed by atoms with van der Waals surface area (Å²) in [5.74, 6) is 0.520. The van der Waals surface area contributed by atoms with Crippen molar-refractivity contribution in [2.24, 2.45) is 13.0 Å². The van der Waals surface area contributed by atoms with Gasteiger partial charge in [0.25, 0.3) is 0 Å². The molecule has 2 aliphatic rings. The molecule has 2 heterocycles. The highest BCUT2D eigenvalue weighted by atomic mass is 16.2. The van der Waals surface area contributed by atoms with Crippen LogP contribution in [0.2, 0.25) is 0 Å². The van der Waals surface area contributed by atoms with Crippen LogP contribution in [0.1, 0.15) is 30.7 Å². The fourth-order valence-electron chi connectivity index (χ4n) is 2.80. The van der Waals surface area contributed by atoms with Crippen LogP contribution in [0.5, 0.6) is 0 Å². The largest absolute Gasteiger partial charge is 0.353 e. The normalized spacial score (nSPS) is 28.1. The molecular weight excluding hydrogens is 228 g/mol. The van der Waals surface area contributed by atoms with E-state index in [4.69, 9.17) is 0 Å². The number of hydrogen-bond acceptors (Lipinski definition) is 3. The van der Waals surface area contributed by atoms with Crippen LogP contribution in [-0.4, -0.2) is 34.8 Å². The van der Waals surface area contributed by atoms with E-state index in [0.29, 0.717) is 6.04 Å². The molecule has 1 aromatic rings. The number of rotatable bonds is 3. The zero-order valence-corrected chi connectivity index (χ0v) is 10.7. The van der Waals surface area contributed by atoms with Gasteiger partial charge in [-0.25, -0.2) is 0 Å². The van der Waals surface area contributed by atoms with E-state index in [9.17, 15) is 4.79 Å². The summed E-state index contributed by atoms with van der Waals surface area (Å²) in [6, 6.07) is 0.424. The first-order valence-electron chi connectivity index (χ1n) is 6.73. The minimum absolute atomic E-state index is 0.0507. The number of aromatic nitrogens is 2. The van der Waals surface area contributed by atoms with Gasteiger partial charge in [-0.2, -0.15) is 5.10 Å². The van der Waals surface area contributed by atoms with E-state index in [-0.39, 0.29) is 17.7 Å². The van der Waals surface area contributed by atoms with Gasteiger partial charge in [0.15, 0.2) is 0 Å². The maximum atomic E-state index is 12.3. The summed E-state index contributed by atoms with van der Waals surface area (Å²) in [5, 5.41) is 10.7. The molecular formula is C13H20N4O. The number of amides is 1. The lowest BCUT2D eigenvalue weighted by Gasteiger charge is -2.28. The Bertz CT molecular complexity index is 438. The molecule has 0 aromatic carbocycles. The van der Waals surface area contributed by atoms with E-state index in [1.165, 1.54) is 6.42 Å². The fourth-order valence-corrected chi connectivity index (χ4v) is 2.80.